The molecule has 6 heteroatoms. The average molecular weight is 298 g/mol. The van der Waals surface area contributed by atoms with Crippen LogP contribution in [0.3, 0.4) is 0 Å². The number of aryl methyl sites for hydroxylation is 1. The van der Waals surface area contributed by atoms with Gasteiger partial charge in [0.05, 0.1) is 24.9 Å². The number of esters is 1. The lowest BCUT2D eigenvalue weighted by molar-refractivity contribution is -0.145. The van der Waals surface area contributed by atoms with Gasteiger partial charge in [0, 0.05) is 0 Å². The Bertz CT molecular complexity index is 554. The van der Waals surface area contributed by atoms with Crippen molar-refractivity contribution in [2.24, 2.45) is 0 Å². The minimum Gasteiger partial charge on any atom is -0.466 e. The highest BCUT2D eigenvalue weighted by atomic mass is 31.2. The minimum absolute atomic E-state index is 0.0430. The van der Waals surface area contributed by atoms with Gasteiger partial charge < -0.3 is 9.26 Å². The van der Waals surface area contributed by atoms with Crippen molar-refractivity contribution in [3.8, 4) is 0 Å². The van der Waals surface area contributed by atoms with Crippen molar-refractivity contribution in [2.75, 3.05) is 13.2 Å². The number of benzene rings is 1. The van der Waals surface area contributed by atoms with E-state index in [0.717, 1.165) is 11.1 Å². The maximum atomic E-state index is 12.8. The molecule has 1 aliphatic rings. The molecule has 0 spiro atoms. The number of hydrogen-bond acceptors (Lipinski definition) is 5. The Kier molecular flexibility index (Phi) is 4.63. The van der Waals surface area contributed by atoms with Crippen molar-refractivity contribution in [3.63, 3.8) is 0 Å². The summed E-state index contributed by atoms with van der Waals surface area (Å²) in [4.78, 5) is 11.6. The lowest BCUT2D eigenvalue weighted by Gasteiger charge is -2.14. The van der Waals surface area contributed by atoms with Crippen molar-refractivity contribution < 1.29 is 23.1 Å². The Morgan fingerprint density at radius 1 is 1.35 bits per heavy atom. The minimum atomic E-state index is -3.34. The van der Waals surface area contributed by atoms with Crippen LogP contribution in [-0.4, -0.2) is 19.2 Å². The number of ether oxygens (including phenoxy) is 1. The molecule has 1 aliphatic heterocycles. The molecule has 2 unspecified atom stereocenters. The van der Waals surface area contributed by atoms with Crippen molar-refractivity contribution in [3.05, 3.63) is 29.3 Å². The summed E-state index contributed by atoms with van der Waals surface area (Å²) in [7, 11) is -3.34. The molecule has 0 radical (unpaired) electrons. The highest BCUT2D eigenvalue weighted by Gasteiger charge is 2.44. The van der Waals surface area contributed by atoms with Crippen LogP contribution in [0.4, 0.5) is 0 Å². The third-order valence-corrected chi connectivity index (χ3v) is 5.40. The smallest absolute Gasteiger partial charge is 0.362 e. The Hall–Kier alpha value is -1.16. The van der Waals surface area contributed by atoms with Crippen molar-refractivity contribution in [1.29, 1.82) is 0 Å². The number of carbonyl (C=O) groups excluding carboxylic acids is 1. The first kappa shape index (κ1) is 15.2. The zero-order valence-electron chi connectivity index (χ0n) is 11.9. The highest BCUT2D eigenvalue weighted by molar-refractivity contribution is 7.62. The van der Waals surface area contributed by atoms with Crippen molar-refractivity contribution >= 4 is 18.9 Å². The fourth-order valence-corrected chi connectivity index (χ4v) is 4.58. The molecule has 5 nitrogen and oxygen atoms in total. The van der Waals surface area contributed by atoms with Crippen LogP contribution < -0.4 is 5.30 Å². The second kappa shape index (κ2) is 6.08. The van der Waals surface area contributed by atoms with E-state index in [1.165, 1.54) is 0 Å². The zero-order valence-corrected chi connectivity index (χ0v) is 12.8. The fourth-order valence-electron chi connectivity index (χ4n) is 2.38. The van der Waals surface area contributed by atoms with E-state index in [4.69, 9.17) is 13.8 Å². The molecule has 0 aliphatic carbocycles. The van der Waals surface area contributed by atoms with Gasteiger partial charge in [-0.05, 0) is 31.9 Å². The van der Waals surface area contributed by atoms with E-state index in [2.05, 4.69) is 0 Å². The van der Waals surface area contributed by atoms with Gasteiger partial charge in [-0.1, -0.05) is 18.2 Å². The third-order valence-electron chi connectivity index (χ3n) is 3.11. The van der Waals surface area contributed by atoms with E-state index in [-0.39, 0.29) is 19.0 Å². The first-order valence-corrected chi connectivity index (χ1v) is 8.24. The molecule has 2 atom stereocenters. The maximum Gasteiger partial charge on any atom is 0.362 e. The summed E-state index contributed by atoms with van der Waals surface area (Å²) >= 11 is 0. The Morgan fingerprint density at radius 3 is 2.75 bits per heavy atom. The maximum absolute atomic E-state index is 12.8. The van der Waals surface area contributed by atoms with E-state index in [9.17, 15) is 9.36 Å². The van der Waals surface area contributed by atoms with E-state index in [0.29, 0.717) is 11.9 Å². The predicted octanol–water partition coefficient (Wildman–Crippen LogP) is 2.87. The second-order valence-corrected chi connectivity index (χ2v) is 6.44. The molecular formula is C14H19O5P. The van der Waals surface area contributed by atoms with Gasteiger partial charge in [-0.2, -0.15) is 0 Å². The normalized spacial score (nSPS) is 24.4. The molecule has 1 aromatic rings. The zero-order chi connectivity index (χ0) is 14.8. The van der Waals surface area contributed by atoms with Crippen LogP contribution in [0.2, 0.25) is 0 Å². The van der Waals surface area contributed by atoms with Crippen LogP contribution in [0, 0.1) is 6.92 Å². The molecule has 0 saturated heterocycles. The number of rotatable bonds is 5. The standard InChI is InChI=1S/C14H19O5P/c1-4-17-13(15)9-12-11-8-6-7-10(3)14(11)20(16,19-12)18-5-2/h6-8,12H,4-5,9H2,1-3H3. The Labute approximate surface area is 118 Å². The largest absolute Gasteiger partial charge is 0.466 e. The monoisotopic (exact) mass is 298 g/mol. The molecule has 0 bridgehead atoms. The molecule has 0 N–H and O–H groups in total. The summed E-state index contributed by atoms with van der Waals surface area (Å²) in [5.41, 5.74) is 1.61. The molecule has 110 valence electrons. The molecular weight excluding hydrogens is 279 g/mol. The van der Waals surface area contributed by atoms with Crippen molar-refractivity contribution in [2.45, 2.75) is 33.3 Å². The number of carbonyl (C=O) groups is 1. The van der Waals surface area contributed by atoms with Crippen LogP contribution in [0.15, 0.2) is 18.2 Å². The Morgan fingerprint density at radius 2 is 2.10 bits per heavy atom. The van der Waals surface area contributed by atoms with Gasteiger partial charge in [0.15, 0.2) is 0 Å². The van der Waals surface area contributed by atoms with Gasteiger partial charge in [-0.3, -0.25) is 13.9 Å². The van der Waals surface area contributed by atoms with Crippen molar-refractivity contribution in [1.82, 2.24) is 0 Å². The molecule has 1 heterocycles. The summed E-state index contributed by atoms with van der Waals surface area (Å²) < 4.78 is 28.7. The lowest BCUT2D eigenvalue weighted by atomic mass is 10.0. The first-order valence-electron chi connectivity index (χ1n) is 6.70. The van der Waals surface area contributed by atoms with E-state index in [1.54, 1.807) is 13.8 Å². The average Bonchev–Trinajstić information content (AvgIpc) is 2.64. The summed E-state index contributed by atoms with van der Waals surface area (Å²) in [5.74, 6) is -0.366. The fraction of sp³-hybridized carbons (Fsp3) is 0.500. The topological polar surface area (TPSA) is 61.8 Å². The van der Waals surface area contributed by atoms with Crippen LogP contribution in [0.5, 0.6) is 0 Å². The third kappa shape index (κ3) is 2.80. The molecule has 0 amide bonds. The van der Waals surface area contributed by atoms with Gasteiger partial charge in [0.25, 0.3) is 0 Å². The summed E-state index contributed by atoms with van der Waals surface area (Å²) in [6.45, 7) is 5.98. The second-order valence-electron chi connectivity index (χ2n) is 4.53. The van der Waals surface area contributed by atoms with Gasteiger partial charge in [-0.15, -0.1) is 0 Å². The van der Waals surface area contributed by atoms with Gasteiger partial charge in [0.1, 0.15) is 6.10 Å². The molecule has 0 saturated carbocycles. The predicted molar refractivity (Wildman–Crippen MR) is 75.1 cm³/mol. The van der Waals surface area contributed by atoms with Crippen LogP contribution >= 0.6 is 7.60 Å². The summed E-state index contributed by atoms with van der Waals surface area (Å²) in [5, 5.41) is 0.594. The number of hydrogen-bond donors (Lipinski definition) is 0. The van der Waals surface area contributed by atoms with E-state index < -0.39 is 13.7 Å². The van der Waals surface area contributed by atoms with Crippen LogP contribution in [0.25, 0.3) is 0 Å². The highest BCUT2D eigenvalue weighted by Crippen LogP contribution is 2.58. The van der Waals surface area contributed by atoms with Crippen LogP contribution in [0.1, 0.15) is 37.5 Å². The first-order chi connectivity index (χ1) is 9.51. The quantitative estimate of drug-likeness (QED) is 0.618. The van der Waals surface area contributed by atoms with Crippen LogP contribution in [-0.2, 0) is 23.1 Å². The van der Waals surface area contributed by atoms with Gasteiger partial charge in [-0.25, -0.2) is 0 Å². The SMILES string of the molecule is CCOC(=O)CC1OP(=O)(OCC)c2c(C)cccc21. The molecule has 1 aromatic carbocycles. The molecule has 20 heavy (non-hydrogen) atoms. The molecule has 2 rings (SSSR count). The number of fused-ring (bicyclic) bond motifs is 1. The summed E-state index contributed by atoms with van der Waals surface area (Å²) in [6.07, 6.45) is -0.525. The summed E-state index contributed by atoms with van der Waals surface area (Å²) in [6, 6.07) is 5.54. The van der Waals surface area contributed by atoms with Gasteiger partial charge >= 0.3 is 13.6 Å². The lowest BCUT2D eigenvalue weighted by Crippen LogP contribution is -2.12. The Balaban J connectivity index is 2.34. The van der Waals surface area contributed by atoms with E-state index >= 15 is 0 Å². The van der Waals surface area contributed by atoms with E-state index in [1.807, 2.05) is 25.1 Å². The molecule has 0 aromatic heterocycles. The van der Waals surface area contributed by atoms with Gasteiger partial charge in [0.2, 0.25) is 0 Å². The molecule has 0 fully saturated rings.